The van der Waals surface area contributed by atoms with Gasteiger partial charge >= 0.3 is 241 Å². The monoisotopic (exact) mass is 663 g/mol. The molecule has 0 bridgehead atoms. The van der Waals surface area contributed by atoms with Crippen molar-refractivity contribution in [3.05, 3.63) is 132 Å². The third-order valence-corrected chi connectivity index (χ3v) is 9.72. The first-order chi connectivity index (χ1) is 19.6. The first-order valence-electron chi connectivity index (χ1n) is 12.3. The molecule has 42 heavy (non-hydrogen) atoms. The van der Waals surface area contributed by atoms with Crippen LogP contribution in [0.4, 0.5) is 45.2 Å². The van der Waals surface area contributed by atoms with E-state index in [2.05, 4.69) is 5.32 Å². The Morgan fingerprint density at radius 2 is 1.00 bits per heavy atom. The first-order valence-corrected chi connectivity index (χ1v) is 14.1. The predicted octanol–water partition coefficient (Wildman–Crippen LogP) is 7.64. The fourth-order valence-electron chi connectivity index (χ4n) is 4.62. The molecule has 0 radical (unpaired) electrons. The standard InChI is InChI=1S/C30H22F9NOSe/c31-28(32,33)26(21-14-6-2-7-15-21,40-22-16-8-3-9-17-22)25(20-12-4-1-5-13-20)42-24-19-11-10-18-23(24)27(41,29(34,35)36)30(37,38)39/h1-19,25,40-41H/t25-,26+/m0/s1. The van der Waals surface area contributed by atoms with E-state index in [4.69, 9.17) is 0 Å². The van der Waals surface area contributed by atoms with Crippen LogP contribution in [0.15, 0.2) is 115 Å². The number of hydrogen-bond acceptors (Lipinski definition) is 2. The Bertz CT molecular complexity index is 1450. The minimum atomic E-state index is -6.22. The van der Waals surface area contributed by atoms with E-state index < -0.39 is 59.5 Å². The van der Waals surface area contributed by atoms with E-state index in [-0.39, 0.29) is 16.8 Å². The summed E-state index contributed by atoms with van der Waals surface area (Å²) in [5.41, 5.74) is -10.2. The number of alkyl halides is 9. The number of halogens is 9. The van der Waals surface area contributed by atoms with Crippen LogP contribution in [0.3, 0.4) is 0 Å². The summed E-state index contributed by atoms with van der Waals surface area (Å²) >= 11 is -1.80. The van der Waals surface area contributed by atoms with Crippen molar-refractivity contribution < 1.29 is 44.6 Å². The zero-order valence-corrected chi connectivity index (χ0v) is 23.0. The van der Waals surface area contributed by atoms with Crippen molar-refractivity contribution in [2.45, 2.75) is 34.5 Å². The van der Waals surface area contributed by atoms with Gasteiger partial charge in [-0.2, -0.15) is 0 Å². The van der Waals surface area contributed by atoms with Gasteiger partial charge in [-0.1, -0.05) is 0 Å². The summed E-state index contributed by atoms with van der Waals surface area (Å²) in [5, 5.41) is 12.8. The number of hydrogen-bond donors (Lipinski definition) is 2. The quantitative estimate of drug-likeness (QED) is 0.150. The normalized spacial score (nSPS) is 15.1. The second kappa shape index (κ2) is 11.7. The van der Waals surface area contributed by atoms with Crippen LogP contribution in [0.5, 0.6) is 0 Å². The van der Waals surface area contributed by atoms with E-state index in [1.165, 1.54) is 84.9 Å². The maximum absolute atomic E-state index is 15.6. The van der Waals surface area contributed by atoms with Gasteiger partial charge in [0.1, 0.15) is 0 Å². The summed E-state index contributed by atoms with van der Waals surface area (Å²) in [7, 11) is 0. The van der Waals surface area contributed by atoms with Gasteiger partial charge < -0.3 is 0 Å². The van der Waals surface area contributed by atoms with E-state index in [1.807, 2.05) is 0 Å². The second-order valence-electron chi connectivity index (χ2n) is 9.27. The third kappa shape index (κ3) is 5.75. The zero-order valence-electron chi connectivity index (χ0n) is 21.3. The Morgan fingerprint density at radius 3 is 1.50 bits per heavy atom. The molecule has 222 valence electrons. The van der Waals surface area contributed by atoms with Gasteiger partial charge in [-0.05, 0) is 0 Å². The van der Waals surface area contributed by atoms with Crippen molar-refractivity contribution in [2.24, 2.45) is 0 Å². The van der Waals surface area contributed by atoms with E-state index in [0.29, 0.717) is 6.07 Å². The molecule has 0 aliphatic rings. The van der Waals surface area contributed by atoms with Gasteiger partial charge in [0, 0.05) is 0 Å². The summed E-state index contributed by atoms with van der Waals surface area (Å²) in [6, 6.07) is 24.3. The maximum atomic E-state index is 15.6. The molecule has 2 N–H and O–H groups in total. The SMILES string of the molecule is OC(c1ccccc1[Se][C@@H](c1ccccc1)[C@](Nc1ccccc1)(c1ccccc1)C(F)(F)F)(C(F)(F)F)C(F)(F)F. The van der Waals surface area contributed by atoms with Gasteiger partial charge in [0.05, 0.1) is 0 Å². The average Bonchev–Trinajstić information content (AvgIpc) is 2.94. The molecule has 0 saturated heterocycles. The van der Waals surface area contributed by atoms with Crippen LogP contribution in [-0.4, -0.2) is 38.6 Å². The summed E-state index contributed by atoms with van der Waals surface area (Å²) in [6.45, 7) is 0. The molecule has 0 heterocycles. The summed E-state index contributed by atoms with van der Waals surface area (Å²) in [4.78, 5) is -1.76. The Morgan fingerprint density at radius 1 is 0.548 bits per heavy atom. The Kier molecular flexibility index (Phi) is 8.74. The molecule has 0 amide bonds. The van der Waals surface area contributed by atoms with Crippen LogP contribution in [0.25, 0.3) is 0 Å². The van der Waals surface area contributed by atoms with Crippen LogP contribution in [0.1, 0.15) is 21.5 Å². The van der Waals surface area contributed by atoms with Crippen LogP contribution >= 0.6 is 0 Å². The van der Waals surface area contributed by atoms with Gasteiger partial charge in [-0.15, -0.1) is 0 Å². The third-order valence-electron chi connectivity index (χ3n) is 6.63. The van der Waals surface area contributed by atoms with Crippen LogP contribution in [0, 0.1) is 0 Å². The van der Waals surface area contributed by atoms with Crippen LogP contribution in [-0.2, 0) is 11.1 Å². The molecule has 0 spiro atoms. The van der Waals surface area contributed by atoms with E-state index in [1.54, 1.807) is 6.07 Å². The molecule has 12 heteroatoms. The Balaban J connectivity index is 2.05. The summed E-state index contributed by atoms with van der Waals surface area (Å²) < 4.78 is 130. The molecule has 2 nitrogen and oxygen atoms in total. The molecule has 0 fully saturated rings. The molecule has 0 aromatic heterocycles. The van der Waals surface area contributed by atoms with Crippen molar-refractivity contribution in [1.29, 1.82) is 0 Å². The summed E-state index contributed by atoms with van der Waals surface area (Å²) in [6.07, 6.45) is -17.6. The van der Waals surface area contributed by atoms with Crippen molar-refractivity contribution in [3.8, 4) is 0 Å². The van der Waals surface area contributed by atoms with Gasteiger partial charge in [0.2, 0.25) is 0 Å². The molecule has 4 aromatic rings. The second-order valence-corrected chi connectivity index (χ2v) is 11.7. The summed E-state index contributed by atoms with van der Waals surface area (Å²) in [5.74, 6) is 0. The molecular formula is C30H22F9NOSe. The number of rotatable bonds is 8. The predicted molar refractivity (Wildman–Crippen MR) is 141 cm³/mol. The van der Waals surface area contributed by atoms with Crippen molar-refractivity contribution in [2.75, 3.05) is 5.32 Å². The number of anilines is 1. The first kappa shape index (κ1) is 31.5. The fourth-order valence-corrected chi connectivity index (χ4v) is 7.88. The van der Waals surface area contributed by atoms with Crippen LogP contribution in [0.2, 0.25) is 0 Å². The average molecular weight is 662 g/mol. The molecule has 0 unspecified atom stereocenters. The topological polar surface area (TPSA) is 32.3 Å². The molecule has 2 atom stereocenters. The number of aliphatic hydroxyl groups is 1. The fraction of sp³-hybridized carbons (Fsp3) is 0.200. The van der Waals surface area contributed by atoms with Gasteiger partial charge in [-0.3, -0.25) is 0 Å². The van der Waals surface area contributed by atoms with Gasteiger partial charge in [0.15, 0.2) is 0 Å². The number of para-hydroxylation sites is 1. The van der Waals surface area contributed by atoms with E-state index in [0.717, 1.165) is 18.2 Å². The molecule has 0 aliphatic heterocycles. The molecule has 4 aromatic carbocycles. The van der Waals surface area contributed by atoms with Crippen LogP contribution < -0.4 is 9.78 Å². The Hall–Kier alpha value is -3.47. The molecule has 0 aliphatic carbocycles. The van der Waals surface area contributed by atoms with Gasteiger partial charge in [0.25, 0.3) is 0 Å². The van der Waals surface area contributed by atoms with Crippen molar-refractivity contribution >= 4 is 25.1 Å². The molecule has 4 rings (SSSR count). The molecule has 0 saturated carbocycles. The Labute approximate surface area is 241 Å². The number of benzene rings is 4. The van der Waals surface area contributed by atoms with Crippen molar-refractivity contribution in [3.63, 3.8) is 0 Å². The zero-order chi connectivity index (χ0) is 30.8. The molecular weight excluding hydrogens is 640 g/mol. The van der Waals surface area contributed by atoms with E-state index >= 15 is 13.2 Å². The van der Waals surface area contributed by atoms with E-state index in [9.17, 15) is 31.4 Å². The number of nitrogens with one attached hydrogen (secondary N) is 1. The van der Waals surface area contributed by atoms with Gasteiger partial charge in [-0.25, -0.2) is 0 Å². The van der Waals surface area contributed by atoms with Crippen molar-refractivity contribution in [1.82, 2.24) is 0 Å². The minimum absolute atomic E-state index is 0.0134.